The van der Waals surface area contributed by atoms with Gasteiger partial charge in [-0.15, -0.1) is 0 Å². The lowest BCUT2D eigenvalue weighted by molar-refractivity contribution is 0.0673. The van der Waals surface area contributed by atoms with Crippen molar-refractivity contribution in [3.05, 3.63) is 35.4 Å². The zero-order valence-electron chi connectivity index (χ0n) is 11.8. The fourth-order valence-corrected chi connectivity index (χ4v) is 2.57. The van der Waals surface area contributed by atoms with Gasteiger partial charge in [0.15, 0.2) is 11.6 Å². The van der Waals surface area contributed by atoms with Gasteiger partial charge in [0.2, 0.25) is 0 Å². The molecule has 2 unspecified atom stereocenters. The minimum Gasteiger partial charge on any atom is -0.377 e. The number of nitrogens with zero attached hydrogens (tertiary/aromatic N) is 1. The highest BCUT2D eigenvalue weighted by atomic mass is 19.2. The van der Waals surface area contributed by atoms with Crippen molar-refractivity contribution in [3.8, 4) is 0 Å². The summed E-state index contributed by atoms with van der Waals surface area (Å²) in [5.41, 5.74) is 6.24. The topological polar surface area (TPSA) is 38.5 Å². The summed E-state index contributed by atoms with van der Waals surface area (Å²) in [5, 5.41) is 0. The monoisotopic (exact) mass is 284 g/mol. The highest BCUT2D eigenvalue weighted by Crippen LogP contribution is 2.20. The number of ether oxygens (including phenoxy) is 1. The fourth-order valence-electron chi connectivity index (χ4n) is 2.57. The van der Waals surface area contributed by atoms with Crippen LogP contribution in [0.2, 0.25) is 0 Å². The molecule has 2 N–H and O–H groups in total. The number of benzene rings is 1. The Morgan fingerprint density at radius 1 is 1.45 bits per heavy atom. The molecule has 1 aromatic carbocycles. The Morgan fingerprint density at radius 3 is 3.05 bits per heavy atom. The SMILES string of the molecule is CC1CN(CCC(N)c2cccc(F)c2F)CCCO1. The van der Waals surface area contributed by atoms with Gasteiger partial charge in [-0.25, -0.2) is 8.78 Å². The molecular weight excluding hydrogens is 262 g/mol. The molecule has 5 heteroatoms. The van der Waals surface area contributed by atoms with Gasteiger partial charge in [-0.3, -0.25) is 0 Å². The van der Waals surface area contributed by atoms with Crippen molar-refractivity contribution in [2.45, 2.75) is 31.9 Å². The summed E-state index contributed by atoms with van der Waals surface area (Å²) in [6, 6.07) is 3.68. The van der Waals surface area contributed by atoms with Crippen LogP contribution >= 0.6 is 0 Å². The summed E-state index contributed by atoms with van der Waals surface area (Å²) in [5.74, 6) is -1.66. The lowest BCUT2D eigenvalue weighted by Gasteiger charge is -2.23. The van der Waals surface area contributed by atoms with Gasteiger partial charge in [-0.1, -0.05) is 12.1 Å². The van der Waals surface area contributed by atoms with Crippen molar-refractivity contribution in [3.63, 3.8) is 0 Å². The van der Waals surface area contributed by atoms with Crippen LogP contribution in [0.5, 0.6) is 0 Å². The van der Waals surface area contributed by atoms with Gasteiger partial charge in [0.25, 0.3) is 0 Å². The molecule has 1 aliphatic heterocycles. The molecular formula is C15H22F2N2O. The van der Waals surface area contributed by atoms with Gasteiger partial charge in [-0.05, 0) is 25.8 Å². The number of hydrogen-bond donors (Lipinski definition) is 1. The molecule has 2 rings (SSSR count). The first-order valence-corrected chi connectivity index (χ1v) is 7.11. The van der Waals surface area contributed by atoms with Crippen LogP contribution in [0.1, 0.15) is 31.4 Å². The number of rotatable bonds is 4. The molecule has 0 amide bonds. The molecule has 0 spiro atoms. The lowest BCUT2D eigenvalue weighted by atomic mass is 10.0. The van der Waals surface area contributed by atoms with Crippen LogP contribution in [0.25, 0.3) is 0 Å². The van der Waals surface area contributed by atoms with Gasteiger partial charge in [0, 0.05) is 37.8 Å². The highest BCUT2D eigenvalue weighted by Gasteiger charge is 2.18. The van der Waals surface area contributed by atoms with Crippen LogP contribution in [0, 0.1) is 11.6 Å². The van der Waals surface area contributed by atoms with E-state index in [4.69, 9.17) is 10.5 Å². The summed E-state index contributed by atoms with van der Waals surface area (Å²) < 4.78 is 32.4. The van der Waals surface area contributed by atoms with Gasteiger partial charge < -0.3 is 15.4 Å². The van der Waals surface area contributed by atoms with Gasteiger partial charge >= 0.3 is 0 Å². The first-order chi connectivity index (χ1) is 9.58. The van der Waals surface area contributed by atoms with E-state index in [9.17, 15) is 8.78 Å². The van der Waals surface area contributed by atoms with Crippen LogP contribution in [0.4, 0.5) is 8.78 Å². The van der Waals surface area contributed by atoms with E-state index in [-0.39, 0.29) is 11.7 Å². The number of hydrogen-bond acceptors (Lipinski definition) is 3. The van der Waals surface area contributed by atoms with Gasteiger partial charge in [0.05, 0.1) is 6.10 Å². The van der Waals surface area contributed by atoms with E-state index in [2.05, 4.69) is 4.90 Å². The standard InChI is InChI=1S/C15H22F2N2O/c1-11-10-19(7-3-9-20-11)8-6-14(18)12-4-2-5-13(16)15(12)17/h2,4-5,11,14H,3,6-10,18H2,1H3. The molecule has 0 aliphatic carbocycles. The predicted molar refractivity (Wildman–Crippen MR) is 74.4 cm³/mol. The minimum atomic E-state index is -0.838. The molecule has 1 fully saturated rings. The Bertz CT molecular complexity index is 442. The quantitative estimate of drug-likeness (QED) is 0.923. The van der Waals surface area contributed by atoms with E-state index in [0.29, 0.717) is 6.42 Å². The van der Waals surface area contributed by atoms with Crippen molar-refractivity contribution < 1.29 is 13.5 Å². The molecule has 0 saturated carbocycles. The third-order valence-corrected chi connectivity index (χ3v) is 3.67. The second-order valence-corrected chi connectivity index (χ2v) is 5.37. The Kier molecular flexibility index (Phi) is 5.46. The first kappa shape index (κ1) is 15.4. The van der Waals surface area contributed by atoms with Crippen molar-refractivity contribution in [2.24, 2.45) is 5.73 Å². The Morgan fingerprint density at radius 2 is 2.25 bits per heavy atom. The predicted octanol–water partition coefficient (Wildman–Crippen LogP) is 2.47. The maximum atomic E-state index is 13.7. The molecule has 20 heavy (non-hydrogen) atoms. The second kappa shape index (κ2) is 7.11. The minimum absolute atomic E-state index is 0.208. The average molecular weight is 284 g/mol. The zero-order valence-corrected chi connectivity index (χ0v) is 11.8. The van der Waals surface area contributed by atoms with Crippen molar-refractivity contribution in [2.75, 3.05) is 26.2 Å². The molecule has 3 nitrogen and oxygen atoms in total. The lowest BCUT2D eigenvalue weighted by Crippen LogP contribution is -2.32. The molecule has 0 radical (unpaired) electrons. The maximum Gasteiger partial charge on any atom is 0.163 e. The van der Waals surface area contributed by atoms with Crippen LogP contribution in [-0.4, -0.2) is 37.2 Å². The Balaban J connectivity index is 1.91. The van der Waals surface area contributed by atoms with Gasteiger partial charge in [-0.2, -0.15) is 0 Å². The molecule has 1 heterocycles. The normalized spacial score (nSPS) is 22.5. The molecule has 1 aromatic rings. The Hall–Kier alpha value is -1.04. The smallest absolute Gasteiger partial charge is 0.163 e. The molecule has 1 saturated heterocycles. The summed E-state index contributed by atoms with van der Waals surface area (Å²) in [6.07, 6.45) is 1.81. The molecule has 112 valence electrons. The molecule has 2 atom stereocenters. The largest absolute Gasteiger partial charge is 0.377 e. The summed E-state index contributed by atoms with van der Waals surface area (Å²) in [4.78, 5) is 2.27. The van der Waals surface area contributed by atoms with E-state index >= 15 is 0 Å². The van der Waals surface area contributed by atoms with Crippen LogP contribution < -0.4 is 5.73 Å². The maximum absolute atomic E-state index is 13.7. The third-order valence-electron chi connectivity index (χ3n) is 3.67. The average Bonchev–Trinajstić information content (AvgIpc) is 2.63. The summed E-state index contributed by atoms with van der Waals surface area (Å²) in [6.45, 7) is 5.42. The number of halogens is 2. The number of nitrogens with two attached hydrogens (primary N) is 1. The van der Waals surface area contributed by atoms with Crippen molar-refractivity contribution >= 4 is 0 Å². The van der Waals surface area contributed by atoms with Gasteiger partial charge in [0.1, 0.15) is 0 Å². The molecule has 1 aliphatic rings. The van der Waals surface area contributed by atoms with E-state index in [1.807, 2.05) is 6.92 Å². The fraction of sp³-hybridized carbons (Fsp3) is 0.600. The second-order valence-electron chi connectivity index (χ2n) is 5.37. The first-order valence-electron chi connectivity index (χ1n) is 7.11. The highest BCUT2D eigenvalue weighted by molar-refractivity contribution is 5.22. The zero-order chi connectivity index (χ0) is 14.5. The van der Waals surface area contributed by atoms with Crippen LogP contribution in [0.15, 0.2) is 18.2 Å². The summed E-state index contributed by atoms with van der Waals surface area (Å²) >= 11 is 0. The summed E-state index contributed by atoms with van der Waals surface area (Å²) in [7, 11) is 0. The van der Waals surface area contributed by atoms with E-state index in [1.165, 1.54) is 6.07 Å². The van der Waals surface area contributed by atoms with E-state index in [0.717, 1.165) is 38.7 Å². The van der Waals surface area contributed by atoms with Crippen molar-refractivity contribution in [1.82, 2.24) is 4.90 Å². The third kappa shape index (κ3) is 3.98. The molecule has 0 aromatic heterocycles. The Labute approximate surface area is 118 Å². The molecule has 0 bridgehead atoms. The van der Waals surface area contributed by atoms with Crippen molar-refractivity contribution in [1.29, 1.82) is 0 Å². The van der Waals surface area contributed by atoms with Crippen LogP contribution in [-0.2, 0) is 4.74 Å². The van der Waals surface area contributed by atoms with E-state index < -0.39 is 17.7 Å². The van der Waals surface area contributed by atoms with E-state index in [1.54, 1.807) is 6.07 Å². The van der Waals surface area contributed by atoms with Crippen LogP contribution in [0.3, 0.4) is 0 Å².